The van der Waals surface area contributed by atoms with Crippen LogP contribution in [0.1, 0.15) is 11.3 Å². The smallest absolute Gasteiger partial charge is 0.316 e. The van der Waals surface area contributed by atoms with E-state index in [1.165, 1.54) is 13.2 Å². The summed E-state index contributed by atoms with van der Waals surface area (Å²) in [5.41, 5.74) is -0.528. The Balaban J connectivity index is 3.09. The highest BCUT2D eigenvalue weighted by atomic mass is 19.4. The topological polar surface area (TPSA) is 29.9 Å². The van der Waals surface area contributed by atoms with Crippen molar-refractivity contribution in [1.82, 2.24) is 15.1 Å². The van der Waals surface area contributed by atoms with Gasteiger partial charge in [0.2, 0.25) is 0 Å². The van der Waals surface area contributed by atoms with Crippen molar-refractivity contribution in [3.8, 4) is 0 Å². The van der Waals surface area contributed by atoms with Gasteiger partial charge in [-0.05, 0) is 7.05 Å². The van der Waals surface area contributed by atoms with Crippen LogP contribution < -0.4 is 5.32 Å². The number of nitrogens with one attached hydrogen (secondary N) is 1. The van der Waals surface area contributed by atoms with Crippen LogP contribution in [0.3, 0.4) is 0 Å². The van der Waals surface area contributed by atoms with Gasteiger partial charge in [0.1, 0.15) is 5.69 Å². The van der Waals surface area contributed by atoms with Gasteiger partial charge in [0.15, 0.2) is 0 Å². The quantitative estimate of drug-likeness (QED) is 0.763. The summed E-state index contributed by atoms with van der Waals surface area (Å²) in [5, 5.41) is 6.21. The summed E-state index contributed by atoms with van der Waals surface area (Å²) in [4.78, 5) is 0. The number of hydrogen-bond acceptors (Lipinski definition) is 2. The second-order valence-corrected chi connectivity index (χ2v) is 2.67. The first kappa shape index (κ1) is 10.0. The maximum absolute atomic E-state index is 12.4. The van der Waals surface area contributed by atoms with Gasteiger partial charge in [-0.2, -0.15) is 18.3 Å². The minimum Gasteiger partial charge on any atom is -0.316 e. The highest BCUT2D eigenvalue weighted by molar-refractivity contribution is 5.20. The molecule has 74 valence electrons. The van der Waals surface area contributed by atoms with E-state index in [4.69, 9.17) is 0 Å². The summed E-state index contributed by atoms with van der Waals surface area (Å²) in [6, 6.07) is 0. The number of nitrogens with zero attached hydrogens (tertiary/aromatic N) is 2. The van der Waals surface area contributed by atoms with E-state index in [0.717, 1.165) is 4.68 Å². The maximum Gasteiger partial charge on any atom is 0.433 e. The van der Waals surface area contributed by atoms with E-state index in [0.29, 0.717) is 0 Å². The van der Waals surface area contributed by atoms with Gasteiger partial charge in [0, 0.05) is 19.2 Å². The predicted octanol–water partition coefficient (Wildman–Crippen LogP) is 1.16. The van der Waals surface area contributed by atoms with Crippen molar-refractivity contribution in [3.05, 3.63) is 17.5 Å². The number of aryl methyl sites for hydroxylation is 1. The van der Waals surface area contributed by atoms with E-state index >= 15 is 0 Å². The summed E-state index contributed by atoms with van der Waals surface area (Å²) < 4.78 is 38.0. The molecule has 0 unspecified atom stereocenters. The molecule has 1 aromatic rings. The summed E-state index contributed by atoms with van der Waals surface area (Å²) in [6.45, 7) is 0.169. The van der Waals surface area contributed by atoms with E-state index in [1.807, 2.05) is 0 Å². The average Bonchev–Trinajstić information content (AvgIpc) is 2.31. The second kappa shape index (κ2) is 3.37. The molecule has 0 saturated heterocycles. The van der Waals surface area contributed by atoms with Crippen molar-refractivity contribution in [2.45, 2.75) is 12.7 Å². The first-order chi connectivity index (χ1) is 5.96. The van der Waals surface area contributed by atoms with E-state index < -0.39 is 11.9 Å². The van der Waals surface area contributed by atoms with Crippen molar-refractivity contribution < 1.29 is 13.2 Å². The number of aromatic nitrogens is 2. The third-order valence-corrected chi connectivity index (χ3v) is 1.65. The monoisotopic (exact) mass is 193 g/mol. The third-order valence-electron chi connectivity index (χ3n) is 1.65. The van der Waals surface area contributed by atoms with E-state index in [-0.39, 0.29) is 12.1 Å². The molecule has 6 heteroatoms. The molecule has 1 heterocycles. The Morgan fingerprint density at radius 2 is 2.15 bits per heavy atom. The Kier molecular flexibility index (Phi) is 2.60. The lowest BCUT2D eigenvalue weighted by molar-refractivity contribution is -0.144. The van der Waals surface area contributed by atoms with Crippen molar-refractivity contribution in [3.63, 3.8) is 0 Å². The number of hydrogen-bond donors (Lipinski definition) is 1. The molecular weight excluding hydrogens is 183 g/mol. The molecule has 0 spiro atoms. The Hall–Kier alpha value is -1.04. The van der Waals surface area contributed by atoms with Crippen LogP contribution in [0.15, 0.2) is 6.20 Å². The first-order valence-corrected chi connectivity index (χ1v) is 3.69. The number of rotatable bonds is 2. The molecule has 0 bridgehead atoms. The Morgan fingerprint density at radius 1 is 1.54 bits per heavy atom. The SMILES string of the molecule is CNCc1cnn(C)c1C(F)(F)F. The van der Waals surface area contributed by atoms with Gasteiger partial charge in [0.05, 0.1) is 6.20 Å². The summed E-state index contributed by atoms with van der Waals surface area (Å²) in [7, 11) is 2.87. The van der Waals surface area contributed by atoms with Crippen molar-refractivity contribution in [1.29, 1.82) is 0 Å². The highest BCUT2D eigenvalue weighted by Crippen LogP contribution is 2.31. The molecule has 0 amide bonds. The van der Waals surface area contributed by atoms with Gasteiger partial charge < -0.3 is 5.32 Å². The lowest BCUT2D eigenvalue weighted by atomic mass is 10.2. The zero-order valence-corrected chi connectivity index (χ0v) is 7.31. The molecule has 0 fully saturated rings. The van der Waals surface area contributed by atoms with Gasteiger partial charge >= 0.3 is 6.18 Å². The molecule has 1 rings (SSSR count). The Bertz CT molecular complexity index is 290. The minimum absolute atomic E-state index is 0.164. The van der Waals surface area contributed by atoms with Gasteiger partial charge in [-0.25, -0.2) is 0 Å². The van der Waals surface area contributed by atoms with Gasteiger partial charge in [0.25, 0.3) is 0 Å². The zero-order chi connectivity index (χ0) is 10.1. The molecule has 1 aromatic heterocycles. The normalized spacial score (nSPS) is 12.1. The van der Waals surface area contributed by atoms with Crippen molar-refractivity contribution >= 4 is 0 Å². The molecule has 1 N–H and O–H groups in total. The lowest BCUT2D eigenvalue weighted by Crippen LogP contribution is -2.16. The maximum atomic E-state index is 12.4. The molecular formula is C7H10F3N3. The van der Waals surface area contributed by atoms with Crippen LogP contribution in [0.25, 0.3) is 0 Å². The molecule has 0 aliphatic heterocycles. The molecule has 0 atom stereocenters. The largest absolute Gasteiger partial charge is 0.433 e. The number of alkyl halides is 3. The molecule has 0 aromatic carbocycles. The van der Waals surface area contributed by atoms with Crippen molar-refractivity contribution in [2.75, 3.05) is 7.05 Å². The second-order valence-electron chi connectivity index (χ2n) is 2.67. The van der Waals surface area contributed by atoms with Gasteiger partial charge in [-0.15, -0.1) is 0 Å². The summed E-state index contributed by atoms with van der Waals surface area (Å²) in [6.07, 6.45) is -3.11. The molecule has 0 aliphatic rings. The lowest BCUT2D eigenvalue weighted by Gasteiger charge is -2.09. The molecule has 0 aliphatic carbocycles. The van der Waals surface area contributed by atoms with Crippen LogP contribution in [0, 0.1) is 0 Å². The molecule has 0 saturated carbocycles. The van der Waals surface area contributed by atoms with Crippen LogP contribution >= 0.6 is 0 Å². The standard InChI is InChI=1S/C7H10F3N3/c1-11-3-5-4-12-13(2)6(5)7(8,9)10/h4,11H,3H2,1-2H3. The summed E-state index contributed by atoms with van der Waals surface area (Å²) in [5.74, 6) is 0. The van der Waals surface area contributed by atoms with Crippen LogP contribution in [-0.4, -0.2) is 16.8 Å². The molecule has 3 nitrogen and oxygen atoms in total. The van der Waals surface area contributed by atoms with E-state index in [2.05, 4.69) is 10.4 Å². The number of halogens is 3. The third kappa shape index (κ3) is 2.00. The predicted molar refractivity (Wildman–Crippen MR) is 41.0 cm³/mol. The highest BCUT2D eigenvalue weighted by Gasteiger charge is 2.36. The van der Waals surface area contributed by atoms with E-state index in [1.54, 1.807) is 7.05 Å². The van der Waals surface area contributed by atoms with Crippen LogP contribution in [-0.2, 0) is 19.8 Å². The van der Waals surface area contributed by atoms with Crippen LogP contribution in [0.5, 0.6) is 0 Å². The Labute approximate surface area is 73.5 Å². The molecule has 13 heavy (non-hydrogen) atoms. The fourth-order valence-corrected chi connectivity index (χ4v) is 1.17. The van der Waals surface area contributed by atoms with Crippen LogP contribution in [0.2, 0.25) is 0 Å². The summed E-state index contributed by atoms with van der Waals surface area (Å²) >= 11 is 0. The van der Waals surface area contributed by atoms with Gasteiger partial charge in [-0.3, -0.25) is 4.68 Å². The fraction of sp³-hybridized carbons (Fsp3) is 0.571. The van der Waals surface area contributed by atoms with E-state index in [9.17, 15) is 13.2 Å². The Morgan fingerprint density at radius 3 is 2.62 bits per heavy atom. The zero-order valence-electron chi connectivity index (χ0n) is 7.31. The van der Waals surface area contributed by atoms with Crippen LogP contribution in [0.4, 0.5) is 13.2 Å². The first-order valence-electron chi connectivity index (χ1n) is 3.69. The fourth-order valence-electron chi connectivity index (χ4n) is 1.17. The van der Waals surface area contributed by atoms with Gasteiger partial charge in [-0.1, -0.05) is 0 Å². The molecule has 0 radical (unpaired) electrons. The van der Waals surface area contributed by atoms with Crippen molar-refractivity contribution in [2.24, 2.45) is 7.05 Å². The average molecular weight is 193 g/mol. The minimum atomic E-state index is -4.34.